The Kier molecular flexibility index (Phi) is 2.67. The summed E-state index contributed by atoms with van der Waals surface area (Å²) in [6.45, 7) is 1.71. The standard InChI is InChI=1S/C10H12N4O3S/c1-4-6(15)7(16)10(17-4)14-3-13-5-8(14)11-2-12-9(5)18/h2-4,6-7,10,15-16H,1H3,(H,11,12,18)/t4-,6+,7-,10+/m0/s1. The van der Waals surface area contributed by atoms with Gasteiger partial charge in [-0.05, 0) is 6.92 Å². The molecule has 1 saturated heterocycles. The second-order valence-corrected chi connectivity index (χ2v) is 4.66. The lowest BCUT2D eigenvalue weighted by Gasteiger charge is -2.16. The third kappa shape index (κ3) is 1.57. The molecule has 2 aromatic rings. The van der Waals surface area contributed by atoms with Crippen molar-refractivity contribution in [3.05, 3.63) is 17.3 Å². The van der Waals surface area contributed by atoms with Gasteiger partial charge in [-0.1, -0.05) is 12.2 Å². The van der Waals surface area contributed by atoms with Crippen molar-refractivity contribution >= 4 is 23.4 Å². The Morgan fingerprint density at radius 3 is 2.83 bits per heavy atom. The molecule has 7 nitrogen and oxygen atoms in total. The first-order valence-electron chi connectivity index (χ1n) is 5.51. The summed E-state index contributed by atoms with van der Waals surface area (Å²) >= 11 is 5.06. The monoisotopic (exact) mass is 268 g/mol. The second kappa shape index (κ2) is 4.09. The average molecular weight is 268 g/mol. The molecule has 1 fully saturated rings. The molecule has 3 rings (SSSR count). The fourth-order valence-electron chi connectivity index (χ4n) is 2.12. The van der Waals surface area contributed by atoms with Gasteiger partial charge in [0.15, 0.2) is 10.9 Å². The normalized spacial score (nSPS) is 32.2. The third-order valence-electron chi connectivity index (χ3n) is 3.13. The largest absolute Gasteiger partial charge is 0.388 e. The van der Waals surface area contributed by atoms with Gasteiger partial charge in [0.25, 0.3) is 0 Å². The van der Waals surface area contributed by atoms with Crippen molar-refractivity contribution in [1.29, 1.82) is 0 Å². The molecule has 8 heteroatoms. The van der Waals surface area contributed by atoms with Gasteiger partial charge in [0.1, 0.15) is 23.4 Å². The summed E-state index contributed by atoms with van der Waals surface area (Å²) in [4.78, 5) is 11.0. The van der Waals surface area contributed by atoms with Crippen LogP contribution in [0.25, 0.3) is 11.2 Å². The molecular weight excluding hydrogens is 256 g/mol. The molecule has 4 atom stereocenters. The van der Waals surface area contributed by atoms with E-state index in [1.807, 2.05) is 0 Å². The van der Waals surface area contributed by atoms with Gasteiger partial charge in [0.2, 0.25) is 0 Å². The number of ether oxygens (including phenoxy) is 1. The summed E-state index contributed by atoms with van der Waals surface area (Å²) in [6.07, 6.45) is -0.0773. The van der Waals surface area contributed by atoms with Crippen molar-refractivity contribution in [2.24, 2.45) is 0 Å². The molecule has 0 aliphatic carbocycles. The minimum Gasteiger partial charge on any atom is -0.388 e. The van der Waals surface area contributed by atoms with Crippen LogP contribution in [-0.2, 0) is 4.74 Å². The van der Waals surface area contributed by atoms with Gasteiger partial charge in [-0.25, -0.2) is 9.97 Å². The van der Waals surface area contributed by atoms with E-state index in [0.29, 0.717) is 15.8 Å². The van der Waals surface area contributed by atoms with E-state index < -0.39 is 24.5 Å². The number of rotatable bonds is 1. The van der Waals surface area contributed by atoms with Crippen LogP contribution in [0.2, 0.25) is 0 Å². The van der Waals surface area contributed by atoms with Crippen molar-refractivity contribution < 1.29 is 14.9 Å². The van der Waals surface area contributed by atoms with Crippen molar-refractivity contribution in [1.82, 2.24) is 19.5 Å². The highest BCUT2D eigenvalue weighted by molar-refractivity contribution is 7.71. The quantitative estimate of drug-likeness (QED) is 0.636. The van der Waals surface area contributed by atoms with Crippen LogP contribution in [0, 0.1) is 4.64 Å². The highest BCUT2D eigenvalue weighted by atomic mass is 32.1. The van der Waals surface area contributed by atoms with Gasteiger partial charge in [0.05, 0.1) is 18.8 Å². The Morgan fingerprint density at radius 2 is 2.17 bits per heavy atom. The topological polar surface area (TPSA) is 96.2 Å². The van der Waals surface area contributed by atoms with Crippen LogP contribution in [0.15, 0.2) is 12.7 Å². The molecule has 0 amide bonds. The number of aromatic nitrogens is 4. The van der Waals surface area contributed by atoms with Gasteiger partial charge in [0, 0.05) is 0 Å². The van der Waals surface area contributed by atoms with E-state index in [9.17, 15) is 10.2 Å². The molecule has 18 heavy (non-hydrogen) atoms. The zero-order chi connectivity index (χ0) is 12.9. The molecule has 0 spiro atoms. The molecule has 0 radical (unpaired) electrons. The summed E-state index contributed by atoms with van der Waals surface area (Å²) in [6, 6.07) is 0. The van der Waals surface area contributed by atoms with Crippen molar-refractivity contribution in [2.75, 3.05) is 0 Å². The molecule has 0 aromatic carbocycles. The second-order valence-electron chi connectivity index (χ2n) is 4.27. The van der Waals surface area contributed by atoms with E-state index in [1.165, 1.54) is 12.7 Å². The molecule has 1 aliphatic rings. The predicted molar refractivity (Wildman–Crippen MR) is 64.3 cm³/mol. The lowest BCUT2D eigenvalue weighted by molar-refractivity contribution is -0.0299. The molecular formula is C10H12N4O3S. The van der Waals surface area contributed by atoms with E-state index in [2.05, 4.69) is 15.0 Å². The first-order chi connectivity index (χ1) is 8.59. The Bertz CT molecular complexity index is 639. The number of nitrogens with one attached hydrogen (secondary N) is 1. The highest BCUT2D eigenvalue weighted by Gasteiger charge is 2.41. The SMILES string of the molecule is C[C@@H]1O[C@@H](n2cnc3c(=S)nc[nH]c32)[C@@H](O)[C@@H]1O. The molecule has 0 bridgehead atoms. The Labute approximate surface area is 107 Å². The minimum absolute atomic E-state index is 0.378. The number of H-pyrrole nitrogens is 1. The van der Waals surface area contributed by atoms with Crippen LogP contribution < -0.4 is 0 Å². The maximum atomic E-state index is 9.95. The van der Waals surface area contributed by atoms with E-state index in [4.69, 9.17) is 17.0 Å². The van der Waals surface area contributed by atoms with Crippen LogP contribution in [0.5, 0.6) is 0 Å². The van der Waals surface area contributed by atoms with E-state index in [1.54, 1.807) is 11.5 Å². The van der Waals surface area contributed by atoms with Crippen LogP contribution in [0.3, 0.4) is 0 Å². The number of aliphatic hydroxyl groups excluding tert-OH is 2. The summed E-state index contributed by atoms with van der Waals surface area (Å²) in [5.41, 5.74) is 1.15. The maximum Gasteiger partial charge on any atom is 0.165 e. The summed E-state index contributed by atoms with van der Waals surface area (Å²) < 4.78 is 7.52. The minimum atomic E-state index is -1.01. The number of imidazole rings is 1. The third-order valence-corrected chi connectivity index (χ3v) is 3.43. The van der Waals surface area contributed by atoms with Crippen molar-refractivity contribution in [3.8, 4) is 0 Å². The lowest BCUT2D eigenvalue weighted by Crippen LogP contribution is -2.30. The first-order valence-corrected chi connectivity index (χ1v) is 5.92. The summed E-state index contributed by atoms with van der Waals surface area (Å²) in [7, 11) is 0. The van der Waals surface area contributed by atoms with Gasteiger partial charge in [-0.2, -0.15) is 0 Å². The first kappa shape index (κ1) is 11.7. The maximum absolute atomic E-state index is 9.95. The molecule has 96 valence electrons. The lowest BCUT2D eigenvalue weighted by atomic mass is 10.1. The highest BCUT2D eigenvalue weighted by Crippen LogP contribution is 2.30. The Balaban J connectivity index is 2.11. The van der Waals surface area contributed by atoms with Crippen molar-refractivity contribution in [2.45, 2.75) is 31.5 Å². The van der Waals surface area contributed by atoms with Gasteiger partial charge in [-0.3, -0.25) is 4.57 Å². The number of aliphatic hydroxyl groups is 2. The van der Waals surface area contributed by atoms with Gasteiger partial charge >= 0.3 is 0 Å². The Morgan fingerprint density at radius 1 is 1.39 bits per heavy atom. The molecule has 2 aromatic heterocycles. The predicted octanol–water partition coefficient (Wildman–Crippen LogP) is 0.128. The zero-order valence-corrected chi connectivity index (χ0v) is 10.3. The fraction of sp³-hybridized carbons (Fsp3) is 0.500. The number of hydrogen-bond acceptors (Lipinski definition) is 6. The number of aromatic amines is 1. The molecule has 3 heterocycles. The van der Waals surface area contributed by atoms with Gasteiger partial charge < -0.3 is 19.9 Å². The molecule has 1 aliphatic heterocycles. The zero-order valence-electron chi connectivity index (χ0n) is 9.52. The van der Waals surface area contributed by atoms with Crippen LogP contribution in [0.4, 0.5) is 0 Å². The molecule has 3 N–H and O–H groups in total. The number of fused-ring (bicyclic) bond motifs is 1. The fourth-order valence-corrected chi connectivity index (χ4v) is 2.33. The molecule has 0 unspecified atom stereocenters. The van der Waals surface area contributed by atoms with E-state index in [0.717, 1.165) is 0 Å². The van der Waals surface area contributed by atoms with Crippen molar-refractivity contribution in [3.63, 3.8) is 0 Å². The average Bonchev–Trinajstić information content (AvgIpc) is 2.88. The van der Waals surface area contributed by atoms with E-state index >= 15 is 0 Å². The number of nitrogens with zero attached hydrogens (tertiary/aromatic N) is 3. The van der Waals surface area contributed by atoms with E-state index in [-0.39, 0.29) is 0 Å². The number of hydrogen-bond donors (Lipinski definition) is 3. The summed E-state index contributed by atoms with van der Waals surface area (Å²) in [5, 5.41) is 19.7. The molecule has 0 saturated carbocycles. The smallest absolute Gasteiger partial charge is 0.165 e. The van der Waals surface area contributed by atoms with Gasteiger partial charge in [-0.15, -0.1) is 0 Å². The van der Waals surface area contributed by atoms with Crippen LogP contribution >= 0.6 is 12.2 Å². The van der Waals surface area contributed by atoms with Crippen LogP contribution in [0.1, 0.15) is 13.2 Å². The Hall–Kier alpha value is -1.35. The van der Waals surface area contributed by atoms with Crippen LogP contribution in [-0.4, -0.2) is 48.0 Å². The summed E-state index contributed by atoms with van der Waals surface area (Å²) in [5.74, 6) is 0.